The lowest BCUT2D eigenvalue weighted by atomic mass is 10.1. The molecule has 1 aliphatic heterocycles. The Kier molecular flexibility index (Phi) is 4.46. The van der Waals surface area contributed by atoms with Crippen LogP contribution in [-0.2, 0) is 9.59 Å². The molecular weight excluding hydrogens is 340 g/mol. The number of aryl methyl sites for hydroxylation is 1. The van der Waals surface area contributed by atoms with Gasteiger partial charge in [0.1, 0.15) is 0 Å². The second kappa shape index (κ2) is 7.07. The number of benzene rings is 2. The summed E-state index contributed by atoms with van der Waals surface area (Å²) in [5.41, 5.74) is 3.98. The number of rotatable bonds is 4. The molecule has 1 atom stereocenters. The molecule has 1 fully saturated rings. The lowest BCUT2D eigenvalue weighted by Gasteiger charge is -2.09. The van der Waals surface area contributed by atoms with Gasteiger partial charge in [-0.05, 0) is 24.6 Å². The van der Waals surface area contributed by atoms with Crippen molar-refractivity contribution in [3.8, 4) is 16.9 Å². The van der Waals surface area contributed by atoms with E-state index in [4.69, 9.17) is 0 Å². The molecule has 1 aliphatic rings. The number of carbonyl (C=O) groups is 2. The molecular formula is C21H20N4O2. The number of nitrogens with one attached hydrogen (secondary N) is 2. The lowest BCUT2D eigenvalue weighted by molar-refractivity contribution is -0.123. The van der Waals surface area contributed by atoms with Crippen LogP contribution in [0, 0.1) is 12.8 Å². The van der Waals surface area contributed by atoms with Gasteiger partial charge in [0.15, 0.2) is 5.82 Å². The van der Waals surface area contributed by atoms with Gasteiger partial charge in [0.05, 0.1) is 17.3 Å². The van der Waals surface area contributed by atoms with Crippen molar-refractivity contribution in [1.82, 2.24) is 15.1 Å². The van der Waals surface area contributed by atoms with Crippen LogP contribution in [0.4, 0.5) is 5.82 Å². The maximum atomic E-state index is 12.5. The number of anilines is 1. The van der Waals surface area contributed by atoms with Crippen LogP contribution >= 0.6 is 0 Å². The van der Waals surface area contributed by atoms with Crippen LogP contribution in [0.25, 0.3) is 16.9 Å². The van der Waals surface area contributed by atoms with E-state index in [0.29, 0.717) is 12.4 Å². The maximum Gasteiger partial charge on any atom is 0.230 e. The summed E-state index contributed by atoms with van der Waals surface area (Å²) in [5, 5.41) is 10.2. The number of amides is 2. The molecule has 1 saturated heterocycles. The van der Waals surface area contributed by atoms with E-state index in [1.54, 1.807) is 0 Å². The number of carbonyl (C=O) groups excluding carboxylic acids is 2. The summed E-state index contributed by atoms with van der Waals surface area (Å²) in [6, 6.07) is 19.7. The smallest absolute Gasteiger partial charge is 0.230 e. The molecule has 0 bridgehead atoms. The SMILES string of the molecule is Cc1ccccc1-c1cc(NC(=O)[C@H]2CNC(=O)C2)nn1-c1ccccc1. The molecule has 27 heavy (non-hydrogen) atoms. The molecule has 6 heteroatoms. The molecule has 1 aromatic heterocycles. The highest BCUT2D eigenvalue weighted by molar-refractivity contribution is 5.97. The third-order valence-corrected chi connectivity index (χ3v) is 4.73. The van der Waals surface area contributed by atoms with Crippen molar-refractivity contribution >= 4 is 17.6 Å². The molecule has 0 radical (unpaired) electrons. The van der Waals surface area contributed by atoms with Crippen LogP contribution in [-0.4, -0.2) is 28.1 Å². The van der Waals surface area contributed by atoms with Gasteiger partial charge in [-0.25, -0.2) is 4.68 Å². The molecule has 2 amide bonds. The number of hydrogen-bond donors (Lipinski definition) is 2. The minimum atomic E-state index is -0.360. The van der Waals surface area contributed by atoms with Crippen molar-refractivity contribution in [3.05, 3.63) is 66.2 Å². The number of para-hydroxylation sites is 1. The van der Waals surface area contributed by atoms with Gasteiger partial charge >= 0.3 is 0 Å². The molecule has 0 saturated carbocycles. The number of hydrogen-bond acceptors (Lipinski definition) is 3. The summed E-state index contributed by atoms with van der Waals surface area (Å²) in [4.78, 5) is 23.8. The zero-order chi connectivity index (χ0) is 18.8. The van der Waals surface area contributed by atoms with Gasteiger partial charge < -0.3 is 10.6 Å². The first-order chi connectivity index (χ1) is 13.1. The number of nitrogens with zero attached hydrogens (tertiary/aromatic N) is 2. The van der Waals surface area contributed by atoms with Gasteiger partial charge in [-0.1, -0.05) is 42.5 Å². The summed E-state index contributed by atoms with van der Waals surface area (Å²) < 4.78 is 1.83. The minimum Gasteiger partial charge on any atom is -0.355 e. The predicted octanol–water partition coefficient (Wildman–Crippen LogP) is 2.92. The second-order valence-electron chi connectivity index (χ2n) is 6.67. The second-order valence-corrected chi connectivity index (χ2v) is 6.67. The molecule has 136 valence electrons. The van der Waals surface area contributed by atoms with Crippen molar-refractivity contribution in [2.75, 3.05) is 11.9 Å². The highest BCUT2D eigenvalue weighted by atomic mass is 16.2. The fourth-order valence-electron chi connectivity index (χ4n) is 3.28. The molecule has 2 N–H and O–H groups in total. The molecule has 2 aromatic carbocycles. The standard InChI is InChI=1S/C21H20N4O2/c1-14-7-5-6-10-17(14)18-12-19(23-21(27)15-11-20(26)22-13-15)24-25(18)16-8-3-2-4-9-16/h2-10,12,15H,11,13H2,1H3,(H,22,26)(H,23,24,27)/t15-/m1/s1. The van der Waals surface area contributed by atoms with Crippen LogP contribution in [0.1, 0.15) is 12.0 Å². The minimum absolute atomic E-state index is 0.0921. The quantitative estimate of drug-likeness (QED) is 0.751. The largest absolute Gasteiger partial charge is 0.355 e. The van der Waals surface area contributed by atoms with Gasteiger partial charge in [0.2, 0.25) is 11.8 Å². The fourth-order valence-corrected chi connectivity index (χ4v) is 3.28. The van der Waals surface area contributed by atoms with Gasteiger partial charge in [-0.3, -0.25) is 9.59 Å². The average molecular weight is 360 g/mol. The Labute approximate surface area is 157 Å². The lowest BCUT2D eigenvalue weighted by Crippen LogP contribution is -2.24. The van der Waals surface area contributed by atoms with E-state index < -0.39 is 0 Å². The zero-order valence-corrected chi connectivity index (χ0v) is 15.0. The Morgan fingerprint density at radius 3 is 2.59 bits per heavy atom. The first-order valence-corrected chi connectivity index (χ1v) is 8.91. The summed E-state index contributed by atoms with van der Waals surface area (Å²) in [7, 11) is 0. The predicted molar refractivity (Wildman–Crippen MR) is 103 cm³/mol. The van der Waals surface area contributed by atoms with Gasteiger partial charge in [0, 0.05) is 24.6 Å². The van der Waals surface area contributed by atoms with E-state index in [1.165, 1.54) is 0 Å². The highest BCUT2D eigenvalue weighted by Gasteiger charge is 2.28. The van der Waals surface area contributed by atoms with E-state index in [2.05, 4.69) is 15.7 Å². The van der Waals surface area contributed by atoms with Crippen molar-refractivity contribution < 1.29 is 9.59 Å². The molecule has 0 unspecified atom stereocenters. The Morgan fingerprint density at radius 1 is 1.15 bits per heavy atom. The monoisotopic (exact) mass is 360 g/mol. The first-order valence-electron chi connectivity index (χ1n) is 8.91. The van der Waals surface area contributed by atoms with Crippen molar-refractivity contribution in [2.45, 2.75) is 13.3 Å². The van der Waals surface area contributed by atoms with Crippen LogP contribution in [0.3, 0.4) is 0 Å². The summed E-state index contributed by atoms with van der Waals surface area (Å²) in [6.07, 6.45) is 0.218. The molecule has 6 nitrogen and oxygen atoms in total. The first kappa shape index (κ1) is 17.0. The highest BCUT2D eigenvalue weighted by Crippen LogP contribution is 2.28. The maximum absolute atomic E-state index is 12.5. The van der Waals surface area contributed by atoms with E-state index in [-0.39, 0.29) is 24.2 Å². The Bertz CT molecular complexity index is 994. The summed E-state index contributed by atoms with van der Waals surface area (Å²) in [5.74, 6) is -0.171. The van der Waals surface area contributed by atoms with Crippen LogP contribution < -0.4 is 10.6 Å². The Morgan fingerprint density at radius 2 is 1.89 bits per heavy atom. The number of aromatic nitrogens is 2. The fraction of sp³-hybridized carbons (Fsp3) is 0.190. The summed E-state index contributed by atoms with van der Waals surface area (Å²) in [6.45, 7) is 2.42. The van der Waals surface area contributed by atoms with Crippen molar-refractivity contribution in [1.29, 1.82) is 0 Å². The van der Waals surface area contributed by atoms with E-state index in [1.807, 2.05) is 72.3 Å². The van der Waals surface area contributed by atoms with Crippen molar-refractivity contribution in [3.63, 3.8) is 0 Å². The third kappa shape index (κ3) is 3.46. The Balaban J connectivity index is 1.71. The van der Waals surface area contributed by atoms with Crippen molar-refractivity contribution in [2.24, 2.45) is 5.92 Å². The zero-order valence-electron chi connectivity index (χ0n) is 15.0. The molecule has 3 aromatic rings. The van der Waals surface area contributed by atoms with E-state index in [9.17, 15) is 9.59 Å². The normalized spacial score (nSPS) is 16.2. The summed E-state index contributed by atoms with van der Waals surface area (Å²) >= 11 is 0. The topological polar surface area (TPSA) is 76.0 Å². The van der Waals surface area contributed by atoms with Crippen LogP contribution in [0.5, 0.6) is 0 Å². The van der Waals surface area contributed by atoms with Gasteiger partial charge in [-0.15, -0.1) is 5.10 Å². The molecule has 0 aliphatic carbocycles. The van der Waals surface area contributed by atoms with Crippen LogP contribution in [0.2, 0.25) is 0 Å². The van der Waals surface area contributed by atoms with E-state index >= 15 is 0 Å². The molecule has 0 spiro atoms. The molecule has 4 rings (SSSR count). The van der Waals surface area contributed by atoms with Crippen LogP contribution in [0.15, 0.2) is 60.7 Å². The molecule has 2 heterocycles. The van der Waals surface area contributed by atoms with Gasteiger partial charge in [-0.2, -0.15) is 0 Å². The Hall–Kier alpha value is -3.41. The average Bonchev–Trinajstić information content (AvgIpc) is 3.29. The van der Waals surface area contributed by atoms with E-state index in [0.717, 1.165) is 22.5 Å². The third-order valence-electron chi connectivity index (χ3n) is 4.73. The van der Waals surface area contributed by atoms with Gasteiger partial charge in [0.25, 0.3) is 0 Å².